The van der Waals surface area contributed by atoms with Gasteiger partial charge in [-0.3, -0.25) is 0 Å². The second kappa shape index (κ2) is 8.66. The monoisotopic (exact) mass is 295 g/mol. The number of halogens is 1. The first-order valence-corrected chi connectivity index (χ1v) is 8.21. The molecule has 0 aromatic heterocycles. The van der Waals surface area contributed by atoms with Crippen LogP contribution in [0.4, 0.5) is 0 Å². The standard InChI is InChI=1S/C17H26ClNO/c1-2-8-19-13-16(11-14-6-9-20-10-7-14)15-4-3-5-17(18)12-15/h3-5,12,14,16,19H,2,6-11,13H2,1H3. The summed E-state index contributed by atoms with van der Waals surface area (Å²) < 4.78 is 5.47. The zero-order chi connectivity index (χ0) is 14.2. The van der Waals surface area contributed by atoms with E-state index in [2.05, 4.69) is 30.4 Å². The van der Waals surface area contributed by atoms with Crippen LogP contribution in [0.3, 0.4) is 0 Å². The molecule has 0 saturated carbocycles. The Morgan fingerprint density at radius 2 is 2.15 bits per heavy atom. The van der Waals surface area contributed by atoms with Gasteiger partial charge in [-0.15, -0.1) is 0 Å². The Hall–Kier alpha value is -0.570. The first-order chi connectivity index (χ1) is 9.79. The summed E-state index contributed by atoms with van der Waals surface area (Å²) in [6.45, 7) is 6.20. The van der Waals surface area contributed by atoms with Crippen LogP contribution in [-0.2, 0) is 4.74 Å². The molecule has 1 aromatic carbocycles. The molecule has 0 aliphatic carbocycles. The Bertz CT molecular complexity index is 390. The van der Waals surface area contributed by atoms with Gasteiger partial charge < -0.3 is 10.1 Å². The van der Waals surface area contributed by atoms with Gasteiger partial charge in [0.1, 0.15) is 0 Å². The number of hydrogen-bond acceptors (Lipinski definition) is 2. The van der Waals surface area contributed by atoms with Gasteiger partial charge in [-0.05, 0) is 61.8 Å². The largest absolute Gasteiger partial charge is 0.381 e. The molecule has 0 radical (unpaired) electrons. The summed E-state index contributed by atoms with van der Waals surface area (Å²) in [4.78, 5) is 0. The molecule has 20 heavy (non-hydrogen) atoms. The van der Waals surface area contributed by atoms with Crippen molar-refractivity contribution in [2.24, 2.45) is 5.92 Å². The highest BCUT2D eigenvalue weighted by atomic mass is 35.5. The van der Waals surface area contributed by atoms with Gasteiger partial charge in [0, 0.05) is 24.8 Å². The van der Waals surface area contributed by atoms with Crippen molar-refractivity contribution in [3.05, 3.63) is 34.9 Å². The predicted octanol–water partition coefficient (Wildman–Crippen LogP) is 4.24. The van der Waals surface area contributed by atoms with E-state index >= 15 is 0 Å². The Labute approximate surface area is 127 Å². The highest BCUT2D eigenvalue weighted by Gasteiger charge is 2.20. The lowest BCUT2D eigenvalue weighted by Crippen LogP contribution is -2.26. The highest BCUT2D eigenvalue weighted by molar-refractivity contribution is 6.30. The smallest absolute Gasteiger partial charge is 0.0468 e. The highest BCUT2D eigenvalue weighted by Crippen LogP contribution is 2.30. The second-order valence-corrected chi connectivity index (χ2v) is 6.18. The molecule has 0 bridgehead atoms. The normalized spacial score (nSPS) is 18.1. The van der Waals surface area contributed by atoms with E-state index in [0.717, 1.165) is 37.2 Å². The predicted molar refractivity (Wildman–Crippen MR) is 85.5 cm³/mol. The van der Waals surface area contributed by atoms with Gasteiger partial charge in [0.2, 0.25) is 0 Å². The topological polar surface area (TPSA) is 21.3 Å². The minimum atomic E-state index is 0.559. The van der Waals surface area contributed by atoms with Crippen LogP contribution in [0, 0.1) is 5.92 Å². The van der Waals surface area contributed by atoms with Gasteiger partial charge in [0.25, 0.3) is 0 Å². The van der Waals surface area contributed by atoms with E-state index in [1.165, 1.54) is 31.2 Å². The van der Waals surface area contributed by atoms with Gasteiger partial charge in [0.15, 0.2) is 0 Å². The van der Waals surface area contributed by atoms with Crippen molar-refractivity contribution in [3.8, 4) is 0 Å². The van der Waals surface area contributed by atoms with E-state index in [4.69, 9.17) is 16.3 Å². The van der Waals surface area contributed by atoms with Gasteiger partial charge in [-0.25, -0.2) is 0 Å². The molecular weight excluding hydrogens is 270 g/mol. The summed E-state index contributed by atoms with van der Waals surface area (Å²) in [7, 11) is 0. The van der Waals surface area contributed by atoms with Crippen LogP contribution in [0.2, 0.25) is 5.02 Å². The maximum Gasteiger partial charge on any atom is 0.0468 e. The first-order valence-electron chi connectivity index (χ1n) is 7.83. The molecule has 1 aliphatic rings. The third-order valence-corrected chi connectivity index (χ3v) is 4.33. The van der Waals surface area contributed by atoms with Crippen LogP contribution in [-0.4, -0.2) is 26.3 Å². The van der Waals surface area contributed by atoms with E-state index in [0.29, 0.717) is 5.92 Å². The second-order valence-electron chi connectivity index (χ2n) is 5.75. The maximum atomic E-state index is 6.15. The van der Waals surface area contributed by atoms with E-state index in [1.54, 1.807) is 0 Å². The van der Waals surface area contributed by atoms with E-state index < -0.39 is 0 Å². The third-order valence-electron chi connectivity index (χ3n) is 4.10. The summed E-state index contributed by atoms with van der Waals surface area (Å²) in [6, 6.07) is 8.35. The van der Waals surface area contributed by atoms with E-state index in [1.807, 2.05) is 6.07 Å². The van der Waals surface area contributed by atoms with Crippen molar-refractivity contribution in [3.63, 3.8) is 0 Å². The summed E-state index contributed by atoms with van der Waals surface area (Å²) in [5, 5.41) is 4.41. The molecule has 3 heteroatoms. The fraction of sp³-hybridized carbons (Fsp3) is 0.647. The lowest BCUT2D eigenvalue weighted by Gasteiger charge is -2.27. The SMILES string of the molecule is CCCNCC(CC1CCOCC1)c1cccc(Cl)c1. The maximum absolute atomic E-state index is 6.15. The van der Waals surface area contributed by atoms with Crippen LogP contribution in [0.25, 0.3) is 0 Å². The van der Waals surface area contributed by atoms with Gasteiger partial charge >= 0.3 is 0 Å². The van der Waals surface area contributed by atoms with Crippen molar-refractivity contribution in [1.29, 1.82) is 0 Å². The quantitative estimate of drug-likeness (QED) is 0.760. The van der Waals surface area contributed by atoms with Gasteiger partial charge in [-0.2, -0.15) is 0 Å². The number of nitrogens with one attached hydrogen (secondary N) is 1. The molecular formula is C17H26ClNO. The number of benzene rings is 1. The Morgan fingerprint density at radius 3 is 2.85 bits per heavy atom. The van der Waals surface area contributed by atoms with Crippen molar-refractivity contribution in [2.75, 3.05) is 26.3 Å². The molecule has 1 aliphatic heterocycles. The average Bonchev–Trinajstić information content (AvgIpc) is 2.47. The zero-order valence-electron chi connectivity index (χ0n) is 12.4. The third kappa shape index (κ3) is 5.08. The van der Waals surface area contributed by atoms with Crippen molar-refractivity contribution in [2.45, 2.75) is 38.5 Å². The van der Waals surface area contributed by atoms with E-state index in [-0.39, 0.29) is 0 Å². The molecule has 1 heterocycles. The minimum Gasteiger partial charge on any atom is -0.381 e. The number of ether oxygens (including phenoxy) is 1. The average molecular weight is 296 g/mol. The molecule has 2 rings (SSSR count). The van der Waals surface area contributed by atoms with E-state index in [9.17, 15) is 0 Å². The summed E-state index contributed by atoms with van der Waals surface area (Å²) in [5.74, 6) is 1.35. The Balaban J connectivity index is 1.99. The molecule has 112 valence electrons. The lowest BCUT2D eigenvalue weighted by molar-refractivity contribution is 0.0616. The lowest BCUT2D eigenvalue weighted by atomic mass is 9.85. The molecule has 0 spiro atoms. The Kier molecular flexibility index (Phi) is 6.85. The minimum absolute atomic E-state index is 0.559. The molecule has 1 aromatic rings. The number of hydrogen-bond donors (Lipinski definition) is 1. The molecule has 2 nitrogen and oxygen atoms in total. The molecule has 1 N–H and O–H groups in total. The van der Waals surface area contributed by atoms with Crippen molar-refractivity contribution < 1.29 is 4.74 Å². The fourth-order valence-corrected chi connectivity index (χ4v) is 3.13. The fourth-order valence-electron chi connectivity index (χ4n) is 2.94. The van der Waals surface area contributed by atoms with Crippen LogP contribution < -0.4 is 5.32 Å². The number of rotatable bonds is 7. The van der Waals surface area contributed by atoms with Crippen LogP contribution >= 0.6 is 11.6 Å². The first kappa shape index (κ1) is 15.8. The molecule has 1 fully saturated rings. The summed E-state index contributed by atoms with van der Waals surface area (Å²) in [6.07, 6.45) is 4.82. The molecule has 1 saturated heterocycles. The van der Waals surface area contributed by atoms with Crippen LogP contribution in [0.1, 0.15) is 44.1 Å². The van der Waals surface area contributed by atoms with Crippen LogP contribution in [0.15, 0.2) is 24.3 Å². The van der Waals surface area contributed by atoms with Crippen molar-refractivity contribution >= 4 is 11.6 Å². The molecule has 0 amide bonds. The van der Waals surface area contributed by atoms with Gasteiger partial charge in [-0.1, -0.05) is 30.7 Å². The molecule has 1 atom stereocenters. The van der Waals surface area contributed by atoms with Crippen molar-refractivity contribution in [1.82, 2.24) is 5.32 Å². The summed E-state index contributed by atoms with van der Waals surface area (Å²) >= 11 is 6.15. The Morgan fingerprint density at radius 1 is 1.35 bits per heavy atom. The van der Waals surface area contributed by atoms with Gasteiger partial charge in [0.05, 0.1) is 0 Å². The molecule has 1 unspecified atom stereocenters. The summed E-state index contributed by atoms with van der Waals surface area (Å²) in [5.41, 5.74) is 1.37. The zero-order valence-corrected chi connectivity index (χ0v) is 13.2. The van der Waals surface area contributed by atoms with Crippen LogP contribution in [0.5, 0.6) is 0 Å².